The number of ether oxygens (including phenoxy) is 1. The van der Waals surface area contributed by atoms with E-state index in [0.29, 0.717) is 5.56 Å². The van der Waals surface area contributed by atoms with Crippen LogP contribution in [0.25, 0.3) is 6.08 Å². The smallest absolute Gasteiger partial charge is 0.339 e. The second kappa shape index (κ2) is 6.21. The van der Waals surface area contributed by atoms with Gasteiger partial charge >= 0.3 is 5.97 Å². The standard InChI is InChI=1S/C12H12Br2O2/c1-3-4-5-8-6-11(14)9(7-10(8)13)12(15)16-2/h4-7H,3H2,1-2H3/b5-4+. The minimum absolute atomic E-state index is 0.349. The summed E-state index contributed by atoms with van der Waals surface area (Å²) in [6.45, 7) is 2.07. The molecular formula is C12H12Br2O2. The van der Waals surface area contributed by atoms with E-state index >= 15 is 0 Å². The van der Waals surface area contributed by atoms with Crippen LogP contribution in [0.5, 0.6) is 0 Å². The van der Waals surface area contributed by atoms with Crippen molar-refractivity contribution in [1.82, 2.24) is 0 Å². The zero-order chi connectivity index (χ0) is 12.1. The van der Waals surface area contributed by atoms with Crippen molar-refractivity contribution in [2.45, 2.75) is 13.3 Å². The van der Waals surface area contributed by atoms with Gasteiger partial charge in [-0.05, 0) is 40.0 Å². The zero-order valence-corrected chi connectivity index (χ0v) is 12.3. The lowest BCUT2D eigenvalue weighted by atomic mass is 10.1. The van der Waals surface area contributed by atoms with E-state index in [9.17, 15) is 4.79 Å². The van der Waals surface area contributed by atoms with E-state index in [1.54, 1.807) is 6.07 Å². The van der Waals surface area contributed by atoms with Crippen molar-refractivity contribution in [2.24, 2.45) is 0 Å². The normalized spacial score (nSPS) is 10.8. The zero-order valence-electron chi connectivity index (χ0n) is 9.09. The molecule has 0 fully saturated rings. The van der Waals surface area contributed by atoms with Crippen molar-refractivity contribution in [2.75, 3.05) is 7.11 Å². The molecular weight excluding hydrogens is 336 g/mol. The number of benzene rings is 1. The van der Waals surface area contributed by atoms with Crippen LogP contribution < -0.4 is 0 Å². The van der Waals surface area contributed by atoms with Crippen LogP contribution in [0.15, 0.2) is 27.2 Å². The maximum absolute atomic E-state index is 11.4. The van der Waals surface area contributed by atoms with E-state index in [4.69, 9.17) is 0 Å². The topological polar surface area (TPSA) is 26.3 Å². The molecule has 0 atom stereocenters. The van der Waals surface area contributed by atoms with Crippen molar-refractivity contribution in [3.8, 4) is 0 Å². The second-order valence-corrected chi connectivity index (χ2v) is 4.86. The largest absolute Gasteiger partial charge is 0.465 e. The SMILES string of the molecule is CC/C=C/c1cc(Br)c(C(=O)OC)cc1Br. The molecule has 16 heavy (non-hydrogen) atoms. The highest BCUT2D eigenvalue weighted by atomic mass is 79.9. The van der Waals surface area contributed by atoms with Crippen molar-refractivity contribution in [1.29, 1.82) is 0 Å². The number of carbonyl (C=O) groups excluding carboxylic acids is 1. The second-order valence-electron chi connectivity index (χ2n) is 3.16. The van der Waals surface area contributed by atoms with Gasteiger partial charge in [-0.1, -0.05) is 35.0 Å². The van der Waals surface area contributed by atoms with Crippen LogP contribution in [0.4, 0.5) is 0 Å². The predicted molar refractivity (Wildman–Crippen MR) is 72.5 cm³/mol. The van der Waals surface area contributed by atoms with Gasteiger partial charge in [0.1, 0.15) is 0 Å². The number of rotatable bonds is 3. The Morgan fingerprint density at radius 2 is 2.06 bits per heavy atom. The summed E-state index contributed by atoms with van der Waals surface area (Å²) >= 11 is 6.79. The minimum Gasteiger partial charge on any atom is -0.465 e. The Balaban J connectivity index is 3.16. The number of carbonyl (C=O) groups is 1. The van der Waals surface area contributed by atoms with Crippen LogP contribution in [-0.4, -0.2) is 13.1 Å². The fourth-order valence-corrected chi connectivity index (χ4v) is 2.20. The summed E-state index contributed by atoms with van der Waals surface area (Å²) in [5.74, 6) is -0.349. The third-order valence-electron chi connectivity index (χ3n) is 2.02. The summed E-state index contributed by atoms with van der Waals surface area (Å²) in [6, 6.07) is 3.65. The van der Waals surface area contributed by atoms with E-state index in [1.165, 1.54) is 7.11 Å². The molecule has 0 radical (unpaired) electrons. The molecule has 0 aliphatic rings. The molecule has 1 rings (SSSR count). The average Bonchev–Trinajstić information content (AvgIpc) is 2.28. The Labute approximate surface area is 112 Å². The Morgan fingerprint density at radius 1 is 1.38 bits per heavy atom. The molecule has 0 heterocycles. The minimum atomic E-state index is -0.349. The number of methoxy groups -OCH3 is 1. The molecule has 86 valence electrons. The lowest BCUT2D eigenvalue weighted by molar-refractivity contribution is 0.0599. The summed E-state index contributed by atoms with van der Waals surface area (Å²) < 4.78 is 6.30. The summed E-state index contributed by atoms with van der Waals surface area (Å²) in [5, 5.41) is 0. The summed E-state index contributed by atoms with van der Waals surface area (Å²) in [4.78, 5) is 11.4. The molecule has 1 aromatic rings. The quantitative estimate of drug-likeness (QED) is 0.756. The van der Waals surface area contributed by atoms with Crippen LogP contribution in [-0.2, 0) is 4.74 Å². The van der Waals surface area contributed by atoms with E-state index in [0.717, 1.165) is 20.9 Å². The monoisotopic (exact) mass is 346 g/mol. The maximum atomic E-state index is 11.4. The molecule has 0 amide bonds. The number of hydrogen-bond acceptors (Lipinski definition) is 2. The lowest BCUT2D eigenvalue weighted by Gasteiger charge is -2.06. The molecule has 0 unspecified atom stereocenters. The third kappa shape index (κ3) is 3.19. The van der Waals surface area contributed by atoms with Gasteiger partial charge in [-0.25, -0.2) is 4.79 Å². The van der Waals surface area contributed by atoms with Gasteiger partial charge in [-0.3, -0.25) is 0 Å². The lowest BCUT2D eigenvalue weighted by Crippen LogP contribution is -2.02. The maximum Gasteiger partial charge on any atom is 0.339 e. The first-order chi connectivity index (χ1) is 7.60. The van der Waals surface area contributed by atoms with Gasteiger partial charge in [-0.2, -0.15) is 0 Å². The van der Waals surface area contributed by atoms with Crippen LogP contribution in [0, 0.1) is 0 Å². The van der Waals surface area contributed by atoms with Crippen molar-refractivity contribution in [3.05, 3.63) is 38.3 Å². The van der Waals surface area contributed by atoms with Crippen LogP contribution >= 0.6 is 31.9 Å². The number of esters is 1. The van der Waals surface area contributed by atoms with Crippen LogP contribution in [0.1, 0.15) is 29.3 Å². The summed E-state index contributed by atoms with van der Waals surface area (Å²) in [7, 11) is 1.37. The van der Waals surface area contributed by atoms with Gasteiger partial charge in [0.15, 0.2) is 0 Å². The van der Waals surface area contributed by atoms with Gasteiger partial charge in [-0.15, -0.1) is 0 Å². The molecule has 0 bridgehead atoms. The van der Waals surface area contributed by atoms with E-state index in [-0.39, 0.29) is 5.97 Å². The van der Waals surface area contributed by atoms with Gasteiger partial charge in [0, 0.05) is 8.95 Å². The Morgan fingerprint density at radius 3 is 2.62 bits per heavy atom. The first-order valence-electron chi connectivity index (χ1n) is 4.84. The Hall–Kier alpha value is -0.610. The highest BCUT2D eigenvalue weighted by Gasteiger charge is 2.12. The first-order valence-corrected chi connectivity index (χ1v) is 6.42. The fourth-order valence-electron chi connectivity index (χ4n) is 1.20. The molecule has 0 saturated carbocycles. The molecule has 0 N–H and O–H groups in total. The van der Waals surface area contributed by atoms with E-state index in [1.807, 2.05) is 12.1 Å². The van der Waals surface area contributed by atoms with Crippen LogP contribution in [0.2, 0.25) is 0 Å². The van der Waals surface area contributed by atoms with Crippen molar-refractivity contribution < 1.29 is 9.53 Å². The van der Waals surface area contributed by atoms with Gasteiger partial charge in [0.05, 0.1) is 12.7 Å². The number of halogens is 2. The van der Waals surface area contributed by atoms with Gasteiger partial charge in [0.2, 0.25) is 0 Å². The molecule has 1 aromatic carbocycles. The molecule has 0 saturated heterocycles. The first kappa shape index (κ1) is 13.5. The average molecular weight is 348 g/mol. The third-order valence-corrected chi connectivity index (χ3v) is 3.37. The molecule has 0 spiro atoms. The van der Waals surface area contributed by atoms with Crippen molar-refractivity contribution in [3.63, 3.8) is 0 Å². The number of hydrogen-bond donors (Lipinski definition) is 0. The summed E-state index contributed by atoms with van der Waals surface area (Å²) in [6.07, 6.45) is 5.04. The number of allylic oxidation sites excluding steroid dienone is 1. The molecule has 2 nitrogen and oxygen atoms in total. The molecule has 0 aromatic heterocycles. The van der Waals surface area contributed by atoms with Gasteiger partial charge < -0.3 is 4.74 Å². The molecule has 0 aliphatic heterocycles. The van der Waals surface area contributed by atoms with Gasteiger partial charge in [0.25, 0.3) is 0 Å². The van der Waals surface area contributed by atoms with Crippen molar-refractivity contribution >= 4 is 43.9 Å². The van der Waals surface area contributed by atoms with Crippen LogP contribution in [0.3, 0.4) is 0 Å². The van der Waals surface area contributed by atoms with E-state index < -0.39 is 0 Å². The molecule has 0 aliphatic carbocycles. The Kier molecular flexibility index (Phi) is 5.22. The summed E-state index contributed by atoms with van der Waals surface area (Å²) in [5.41, 5.74) is 1.55. The van der Waals surface area contributed by atoms with E-state index in [2.05, 4.69) is 49.6 Å². The highest BCUT2D eigenvalue weighted by molar-refractivity contribution is 9.11. The predicted octanol–water partition coefficient (Wildman–Crippen LogP) is 4.42. The highest BCUT2D eigenvalue weighted by Crippen LogP contribution is 2.27. The Bertz CT molecular complexity index is 425. The molecule has 4 heteroatoms. The fraction of sp³-hybridized carbons (Fsp3) is 0.250.